The number of rotatable bonds is 6. The number of benzene rings is 2. The van der Waals surface area contributed by atoms with Gasteiger partial charge in [0.25, 0.3) is 0 Å². The van der Waals surface area contributed by atoms with Crippen molar-refractivity contribution in [2.45, 2.75) is 68.1 Å². The van der Waals surface area contributed by atoms with Crippen molar-refractivity contribution in [1.82, 2.24) is 14.9 Å². The van der Waals surface area contributed by atoms with Crippen molar-refractivity contribution < 1.29 is 26.4 Å². The summed E-state index contributed by atoms with van der Waals surface area (Å²) in [6.45, 7) is -0.408. The van der Waals surface area contributed by atoms with Gasteiger partial charge in [0.05, 0.1) is 0 Å². The number of piperidine rings is 2. The summed E-state index contributed by atoms with van der Waals surface area (Å²) in [7, 11) is -5.33. The predicted molar refractivity (Wildman–Crippen MR) is 149 cm³/mol. The van der Waals surface area contributed by atoms with E-state index >= 15 is 0 Å². The Balaban J connectivity index is 1.33. The zero-order valence-electron chi connectivity index (χ0n) is 21.7. The highest BCUT2D eigenvalue weighted by molar-refractivity contribution is 7.90. The first-order chi connectivity index (χ1) is 18.9. The van der Waals surface area contributed by atoms with Crippen LogP contribution in [0, 0.1) is 11.8 Å². The molecule has 3 fully saturated rings. The van der Waals surface area contributed by atoms with Gasteiger partial charge in [0.2, 0.25) is 5.91 Å². The van der Waals surface area contributed by atoms with Gasteiger partial charge in [-0.1, -0.05) is 47.5 Å². The Labute approximate surface area is 242 Å². The number of hydrogen-bond donors (Lipinski definition) is 2. The van der Waals surface area contributed by atoms with Gasteiger partial charge in [0.1, 0.15) is 0 Å². The Morgan fingerprint density at radius 1 is 0.900 bits per heavy atom. The lowest BCUT2D eigenvalue weighted by molar-refractivity contribution is -0.126. The van der Waals surface area contributed by atoms with Crippen molar-refractivity contribution in [3.8, 4) is 0 Å². The molecule has 6 nitrogen and oxygen atoms in total. The lowest BCUT2D eigenvalue weighted by Crippen LogP contribution is -2.60. The lowest BCUT2D eigenvalue weighted by Gasteiger charge is -2.47. The smallest absolute Gasteiger partial charge is 0.353 e. The zero-order chi connectivity index (χ0) is 28.7. The zero-order valence-corrected chi connectivity index (χ0v) is 24.0. The average Bonchev–Trinajstić information content (AvgIpc) is 2.91. The molecule has 3 aliphatic rings. The molecule has 1 aliphatic carbocycles. The molecule has 4 atom stereocenters. The predicted octanol–water partition coefficient (Wildman–Crippen LogP) is 5.70. The van der Waals surface area contributed by atoms with Gasteiger partial charge in [-0.15, -0.1) is 0 Å². The Hall–Kier alpha value is -1.85. The number of carbonyl (C=O) groups is 1. The maximum absolute atomic E-state index is 13.0. The van der Waals surface area contributed by atoms with E-state index < -0.39 is 15.5 Å². The molecule has 0 radical (unpaired) electrons. The van der Waals surface area contributed by atoms with Crippen molar-refractivity contribution in [3.63, 3.8) is 0 Å². The molecule has 2 aliphatic heterocycles. The SMILES string of the molecule is O=C1CC(NC2CCN(S(=O)(=O)C(F)(F)F)CC2)C2CC(C(c3ccc(Cl)cc3)c3ccc(Cl)cc3)CCC2N1. The first kappa shape index (κ1) is 29.6. The largest absolute Gasteiger partial charge is 0.511 e. The summed E-state index contributed by atoms with van der Waals surface area (Å²) in [5.74, 6) is 0.475. The molecule has 0 bridgehead atoms. The van der Waals surface area contributed by atoms with E-state index in [4.69, 9.17) is 23.2 Å². The molecule has 0 aromatic heterocycles. The van der Waals surface area contributed by atoms with Crippen LogP contribution < -0.4 is 10.6 Å². The molecule has 40 heavy (non-hydrogen) atoms. The van der Waals surface area contributed by atoms with Crippen molar-refractivity contribution >= 4 is 39.1 Å². The van der Waals surface area contributed by atoms with Crippen LogP contribution in [0.15, 0.2) is 48.5 Å². The number of nitrogens with one attached hydrogen (secondary N) is 2. The minimum absolute atomic E-state index is 0.0109. The Morgan fingerprint density at radius 2 is 1.45 bits per heavy atom. The number of carbonyl (C=O) groups excluding carboxylic acids is 1. The lowest BCUT2D eigenvalue weighted by atomic mass is 9.65. The van der Waals surface area contributed by atoms with Crippen LogP contribution in [0.3, 0.4) is 0 Å². The van der Waals surface area contributed by atoms with E-state index in [2.05, 4.69) is 34.9 Å². The van der Waals surface area contributed by atoms with Crippen molar-refractivity contribution in [3.05, 3.63) is 69.7 Å². The fourth-order valence-electron chi connectivity index (χ4n) is 6.75. The standard InChI is InChI=1S/C28H32Cl2F3N3O3S/c29-20-6-1-17(2-7-20)27(18-3-8-21(30)9-4-18)19-5-10-24-23(15-19)25(16-26(37)35-24)34-22-11-13-36(14-12-22)40(38,39)28(31,32)33/h1-4,6-9,19,22-25,27,34H,5,10-16H2,(H,35,37). The van der Waals surface area contributed by atoms with E-state index in [1.54, 1.807) is 0 Å². The molecule has 4 unspecified atom stereocenters. The van der Waals surface area contributed by atoms with Crippen LogP contribution in [-0.4, -0.2) is 55.4 Å². The number of amides is 1. The summed E-state index contributed by atoms with van der Waals surface area (Å²) >= 11 is 12.4. The van der Waals surface area contributed by atoms with E-state index in [0.717, 1.165) is 30.4 Å². The number of sulfonamides is 1. The van der Waals surface area contributed by atoms with Gasteiger partial charge in [-0.25, -0.2) is 8.42 Å². The minimum Gasteiger partial charge on any atom is -0.353 e. The monoisotopic (exact) mass is 617 g/mol. The number of hydrogen-bond acceptors (Lipinski definition) is 4. The highest BCUT2D eigenvalue weighted by atomic mass is 35.5. The number of halogens is 5. The van der Waals surface area contributed by atoms with Gasteiger partial charge in [0.15, 0.2) is 0 Å². The van der Waals surface area contributed by atoms with Crippen LogP contribution in [0.25, 0.3) is 0 Å². The normalized spacial score (nSPS) is 26.9. The molecule has 218 valence electrons. The maximum Gasteiger partial charge on any atom is 0.511 e. The second-order valence-electron chi connectivity index (χ2n) is 11.1. The van der Waals surface area contributed by atoms with E-state index in [9.17, 15) is 26.4 Å². The van der Waals surface area contributed by atoms with Crippen molar-refractivity contribution in [1.29, 1.82) is 0 Å². The Bertz CT molecular complexity index is 1260. The van der Waals surface area contributed by atoms with Crippen molar-refractivity contribution in [2.24, 2.45) is 11.8 Å². The van der Waals surface area contributed by atoms with E-state index in [0.29, 0.717) is 14.4 Å². The topological polar surface area (TPSA) is 78.5 Å². The maximum atomic E-state index is 13.0. The summed E-state index contributed by atoms with van der Waals surface area (Å²) in [5, 5.41) is 8.04. The van der Waals surface area contributed by atoms with Gasteiger partial charge >= 0.3 is 15.5 Å². The third kappa shape index (κ3) is 6.31. The summed E-state index contributed by atoms with van der Waals surface area (Å²) in [6.07, 6.45) is 3.37. The summed E-state index contributed by atoms with van der Waals surface area (Å²) in [6, 6.07) is 15.5. The quantitative estimate of drug-likeness (QED) is 0.436. The molecular formula is C28H32Cl2F3N3O3S. The van der Waals surface area contributed by atoms with Crippen LogP contribution in [0.4, 0.5) is 13.2 Å². The molecule has 2 aromatic rings. The fourth-order valence-corrected chi connectivity index (χ4v) is 7.99. The third-order valence-electron chi connectivity index (χ3n) is 8.67. The van der Waals surface area contributed by atoms with Crippen LogP contribution >= 0.6 is 23.2 Å². The summed E-state index contributed by atoms with van der Waals surface area (Å²) in [4.78, 5) is 12.6. The summed E-state index contributed by atoms with van der Waals surface area (Å²) in [5.41, 5.74) is -3.00. The fraction of sp³-hybridized carbons (Fsp3) is 0.536. The highest BCUT2D eigenvalue weighted by Crippen LogP contribution is 2.45. The number of alkyl halides is 3. The third-order valence-corrected chi connectivity index (χ3v) is 10.8. The van der Waals surface area contributed by atoms with Crippen LogP contribution in [0.5, 0.6) is 0 Å². The molecule has 12 heteroatoms. The first-order valence-corrected chi connectivity index (χ1v) is 15.7. The van der Waals surface area contributed by atoms with Crippen molar-refractivity contribution in [2.75, 3.05) is 13.1 Å². The molecule has 2 N–H and O–H groups in total. The molecule has 5 rings (SSSR count). The first-order valence-electron chi connectivity index (χ1n) is 13.5. The molecule has 1 amide bonds. The average molecular weight is 619 g/mol. The minimum atomic E-state index is -5.33. The molecular weight excluding hydrogens is 586 g/mol. The molecule has 1 saturated carbocycles. The van der Waals surface area contributed by atoms with E-state index in [1.807, 2.05) is 24.3 Å². The second-order valence-corrected chi connectivity index (χ2v) is 13.9. The van der Waals surface area contributed by atoms with Gasteiger partial charge < -0.3 is 10.6 Å². The summed E-state index contributed by atoms with van der Waals surface area (Å²) < 4.78 is 63.2. The van der Waals surface area contributed by atoms with Gasteiger partial charge in [0, 0.05) is 53.6 Å². The molecule has 2 heterocycles. The van der Waals surface area contributed by atoms with Gasteiger partial charge in [-0.2, -0.15) is 17.5 Å². The Kier molecular flexibility index (Phi) is 8.74. The second kappa shape index (κ2) is 11.8. The Morgan fingerprint density at radius 3 is 1.98 bits per heavy atom. The van der Waals surface area contributed by atoms with Crippen LogP contribution in [0.2, 0.25) is 10.0 Å². The molecule has 0 spiro atoms. The molecule has 2 aromatic carbocycles. The number of nitrogens with zero attached hydrogens (tertiary/aromatic N) is 1. The van der Waals surface area contributed by atoms with Crippen LogP contribution in [0.1, 0.15) is 55.6 Å². The number of fused-ring (bicyclic) bond motifs is 1. The van der Waals surface area contributed by atoms with E-state index in [1.165, 1.54) is 0 Å². The van der Waals surface area contributed by atoms with Gasteiger partial charge in [-0.05, 0) is 79.3 Å². The van der Waals surface area contributed by atoms with E-state index in [-0.39, 0.29) is 74.1 Å². The molecule has 2 saturated heterocycles. The van der Waals surface area contributed by atoms with Gasteiger partial charge in [-0.3, -0.25) is 4.79 Å². The highest BCUT2D eigenvalue weighted by Gasteiger charge is 2.51. The van der Waals surface area contributed by atoms with Crippen LogP contribution in [-0.2, 0) is 14.8 Å².